The van der Waals surface area contributed by atoms with Gasteiger partial charge in [-0.05, 0) is 35.7 Å². The Morgan fingerprint density at radius 1 is 1.00 bits per heavy atom. The quantitative estimate of drug-likeness (QED) is 0.849. The summed E-state index contributed by atoms with van der Waals surface area (Å²) in [6.45, 7) is 0. The third-order valence-corrected chi connectivity index (χ3v) is 6.59. The van der Waals surface area contributed by atoms with E-state index < -0.39 is 15.1 Å². The first-order valence-electron chi connectivity index (χ1n) is 7.25. The Morgan fingerprint density at radius 3 is 2.48 bits per heavy atom. The number of hydrogen-bond donors (Lipinski definition) is 0. The van der Waals surface area contributed by atoms with Crippen LogP contribution >= 0.6 is 0 Å². The summed E-state index contributed by atoms with van der Waals surface area (Å²) in [5.74, 6) is -0.379. The van der Waals surface area contributed by atoms with Crippen LogP contribution in [-0.2, 0) is 9.84 Å². The fourth-order valence-corrected chi connectivity index (χ4v) is 5.14. The van der Waals surface area contributed by atoms with Crippen molar-refractivity contribution in [1.29, 1.82) is 5.26 Å². The molecule has 0 heterocycles. The van der Waals surface area contributed by atoms with Gasteiger partial charge >= 0.3 is 0 Å². The first-order chi connectivity index (χ1) is 10.1. The SMILES string of the molecule is N#CC1CCCCC1S(=O)(=O)c1ccc2ccccc2c1. The van der Waals surface area contributed by atoms with Gasteiger partial charge < -0.3 is 0 Å². The minimum Gasteiger partial charge on any atom is -0.223 e. The van der Waals surface area contributed by atoms with Crippen LogP contribution in [0, 0.1) is 17.2 Å². The zero-order chi connectivity index (χ0) is 14.9. The molecule has 0 saturated heterocycles. The molecular formula is C17H17NO2S. The van der Waals surface area contributed by atoms with Gasteiger partial charge in [0.15, 0.2) is 9.84 Å². The molecule has 0 aromatic heterocycles. The van der Waals surface area contributed by atoms with Crippen LogP contribution in [0.3, 0.4) is 0 Å². The van der Waals surface area contributed by atoms with Gasteiger partial charge in [0.25, 0.3) is 0 Å². The van der Waals surface area contributed by atoms with Gasteiger partial charge in [-0.3, -0.25) is 0 Å². The van der Waals surface area contributed by atoms with E-state index in [-0.39, 0.29) is 5.92 Å². The average Bonchev–Trinajstić information content (AvgIpc) is 2.54. The molecule has 1 aliphatic rings. The van der Waals surface area contributed by atoms with E-state index in [9.17, 15) is 13.7 Å². The van der Waals surface area contributed by atoms with Gasteiger partial charge in [0, 0.05) is 0 Å². The van der Waals surface area contributed by atoms with E-state index in [0.29, 0.717) is 17.7 Å². The smallest absolute Gasteiger partial charge is 0.182 e. The Hall–Kier alpha value is -1.86. The molecule has 0 bridgehead atoms. The predicted octanol–water partition coefficient (Wildman–Crippen LogP) is 3.70. The lowest BCUT2D eigenvalue weighted by atomic mass is 9.90. The van der Waals surface area contributed by atoms with Crippen molar-refractivity contribution < 1.29 is 8.42 Å². The second kappa shape index (κ2) is 5.50. The predicted molar refractivity (Wildman–Crippen MR) is 82.5 cm³/mol. The molecule has 108 valence electrons. The molecule has 0 amide bonds. The molecule has 0 spiro atoms. The van der Waals surface area contributed by atoms with Crippen LogP contribution in [0.4, 0.5) is 0 Å². The number of sulfone groups is 1. The highest BCUT2D eigenvalue weighted by Crippen LogP contribution is 2.33. The number of nitriles is 1. The molecule has 2 aromatic carbocycles. The van der Waals surface area contributed by atoms with E-state index in [4.69, 9.17) is 0 Å². The van der Waals surface area contributed by atoms with Crippen molar-refractivity contribution in [2.75, 3.05) is 0 Å². The lowest BCUT2D eigenvalue weighted by Crippen LogP contribution is -2.32. The van der Waals surface area contributed by atoms with Crippen LogP contribution in [0.2, 0.25) is 0 Å². The van der Waals surface area contributed by atoms with Crippen LogP contribution in [0.15, 0.2) is 47.4 Å². The largest absolute Gasteiger partial charge is 0.223 e. The number of nitrogens with zero attached hydrogens (tertiary/aromatic N) is 1. The van der Waals surface area contributed by atoms with Gasteiger partial charge in [-0.15, -0.1) is 0 Å². The highest BCUT2D eigenvalue weighted by atomic mass is 32.2. The minimum atomic E-state index is -3.44. The summed E-state index contributed by atoms with van der Waals surface area (Å²) in [7, 11) is -3.44. The molecular weight excluding hydrogens is 282 g/mol. The molecule has 1 saturated carbocycles. The summed E-state index contributed by atoms with van der Waals surface area (Å²) < 4.78 is 25.7. The fourth-order valence-electron chi connectivity index (χ4n) is 3.14. The molecule has 1 aliphatic carbocycles. The second-order valence-corrected chi connectivity index (χ2v) is 7.78. The van der Waals surface area contributed by atoms with Crippen molar-refractivity contribution in [3.8, 4) is 6.07 Å². The van der Waals surface area contributed by atoms with Crippen molar-refractivity contribution in [1.82, 2.24) is 0 Å². The molecule has 21 heavy (non-hydrogen) atoms. The first kappa shape index (κ1) is 14.1. The molecule has 2 unspecified atom stereocenters. The zero-order valence-electron chi connectivity index (χ0n) is 11.7. The summed E-state index contributed by atoms with van der Waals surface area (Å²) in [6.07, 6.45) is 3.11. The van der Waals surface area contributed by atoms with Gasteiger partial charge in [-0.1, -0.05) is 43.2 Å². The monoisotopic (exact) mass is 299 g/mol. The lowest BCUT2D eigenvalue weighted by molar-refractivity contribution is 0.418. The number of fused-ring (bicyclic) bond motifs is 1. The summed E-state index contributed by atoms with van der Waals surface area (Å²) in [5, 5.41) is 10.6. The van der Waals surface area contributed by atoms with Crippen molar-refractivity contribution in [2.45, 2.75) is 35.8 Å². The Morgan fingerprint density at radius 2 is 1.71 bits per heavy atom. The molecule has 1 fully saturated rings. The molecule has 3 nitrogen and oxygen atoms in total. The molecule has 0 N–H and O–H groups in total. The maximum atomic E-state index is 12.8. The average molecular weight is 299 g/mol. The van der Waals surface area contributed by atoms with Crippen LogP contribution in [0.5, 0.6) is 0 Å². The highest BCUT2D eigenvalue weighted by Gasteiger charge is 2.36. The summed E-state index contributed by atoms with van der Waals surface area (Å²) in [5.41, 5.74) is 0. The molecule has 0 aliphatic heterocycles. The first-order valence-corrected chi connectivity index (χ1v) is 8.80. The van der Waals surface area contributed by atoms with Gasteiger partial charge in [-0.2, -0.15) is 5.26 Å². The van der Waals surface area contributed by atoms with E-state index in [0.717, 1.165) is 23.6 Å². The van der Waals surface area contributed by atoms with Crippen molar-refractivity contribution in [2.24, 2.45) is 5.92 Å². The standard InChI is InChI=1S/C17H17NO2S/c18-12-15-7-3-4-8-17(15)21(19,20)16-10-9-13-5-1-2-6-14(13)11-16/h1-2,5-6,9-11,15,17H,3-4,7-8H2. The van der Waals surface area contributed by atoms with Crippen LogP contribution in [-0.4, -0.2) is 13.7 Å². The van der Waals surface area contributed by atoms with Gasteiger partial charge in [0.05, 0.1) is 22.1 Å². The number of benzene rings is 2. The summed E-state index contributed by atoms with van der Waals surface area (Å²) in [4.78, 5) is 0.341. The van der Waals surface area contributed by atoms with E-state index in [1.807, 2.05) is 30.3 Å². The van der Waals surface area contributed by atoms with E-state index in [2.05, 4.69) is 6.07 Å². The zero-order valence-corrected chi connectivity index (χ0v) is 12.5. The Bertz CT molecular complexity index is 805. The Kier molecular flexibility index (Phi) is 3.69. The molecule has 2 atom stereocenters. The van der Waals surface area contributed by atoms with Gasteiger partial charge in [0.2, 0.25) is 0 Å². The Labute approximate surface area is 125 Å². The number of hydrogen-bond acceptors (Lipinski definition) is 3. The van der Waals surface area contributed by atoms with Crippen molar-refractivity contribution >= 4 is 20.6 Å². The van der Waals surface area contributed by atoms with Crippen LogP contribution < -0.4 is 0 Å². The third kappa shape index (κ3) is 2.54. The van der Waals surface area contributed by atoms with E-state index >= 15 is 0 Å². The van der Waals surface area contributed by atoms with E-state index in [1.54, 1.807) is 12.1 Å². The normalized spacial score (nSPS) is 22.8. The Balaban J connectivity index is 2.05. The minimum absolute atomic E-state index is 0.341. The topological polar surface area (TPSA) is 57.9 Å². The van der Waals surface area contributed by atoms with Gasteiger partial charge in [0.1, 0.15) is 0 Å². The van der Waals surface area contributed by atoms with Gasteiger partial charge in [-0.25, -0.2) is 8.42 Å². The van der Waals surface area contributed by atoms with Crippen molar-refractivity contribution in [3.05, 3.63) is 42.5 Å². The molecule has 4 heteroatoms. The lowest BCUT2D eigenvalue weighted by Gasteiger charge is -2.26. The maximum Gasteiger partial charge on any atom is 0.182 e. The summed E-state index contributed by atoms with van der Waals surface area (Å²) in [6, 6.07) is 15.1. The summed E-state index contributed by atoms with van der Waals surface area (Å²) >= 11 is 0. The molecule has 0 radical (unpaired) electrons. The van der Waals surface area contributed by atoms with E-state index in [1.165, 1.54) is 0 Å². The molecule has 3 rings (SSSR count). The maximum absolute atomic E-state index is 12.8. The molecule has 2 aromatic rings. The number of rotatable bonds is 2. The second-order valence-electron chi connectivity index (χ2n) is 5.61. The fraction of sp³-hybridized carbons (Fsp3) is 0.353. The van der Waals surface area contributed by atoms with Crippen LogP contribution in [0.1, 0.15) is 25.7 Å². The highest BCUT2D eigenvalue weighted by molar-refractivity contribution is 7.92. The van der Waals surface area contributed by atoms with Crippen molar-refractivity contribution in [3.63, 3.8) is 0 Å². The third-order valence-electron chi connectivity index (χ3n) is 4.32. The van der Waals surface area contributed by atoms with Crippen LogP contribution in [0.25, 0.3) is 10.8 Å².